The molecule has 19 heavy (non-hydrogen) atoms. The highest BCUT2D eigenvalue weighted by Crippen LogP contribution is 2.25. The summed E-state index contributed by atoms with van der Waals surface area (Å²) in [5.41, 5.74) is 0.122. The van der Waals surface area contributed by atoms with Gasteiger partial charge >= 0.3 is 5.97 Å². The lowest BCUT2D eigenvalue weighted by molar-refractivity contribution is -0.137. The van der Waals surface area contributed by atoms with Gasteiger partial charge in [0.25, 0.3) is 0 Å². The molecule has 0 aliphatic carbocycles. The first-order valence-corrected chi connectivity index (χ1v) is 7.64. The molecule has 0 aromatic heterocycles. The zero-order valence-electron chi connectivity index (χ0n) is 12.6. The lowest BCUT2D eigenvalue weighted by Gasteiger charge is -2.27. The van der Waals surface area contributed by atoms with Gasteiger partial charge in [0.15, 0.2) is 0 Å². The Labute approximate surface area is 117 Å². The highest BCUT2D eigenvalue weighted by atomic mass is 16.4. The molecular weight excluding hydrogens is 240 g/mol. The highest BCUT2D eigenvalue weighted by molar-refractivity contribution is 5.66. The Kier molecular flexibility index (Phi) is 7.39. The van der Waals surface area contributed by atoms with Gasteiger partial charge in [-0.3, -0.25) is 4.79 Å². The number of nitrogens with zero attached hydrogens (tertiary/aromatic N) is 1. The standard InChI is InChI=1S/C15H30N2O2/c1-15(2,7-6-14(18)19)8-9-16-10-13-17-11-4-3-5-12-17/h16H,3-13H2,1-2H3,(H,18,19). The molecular formula is C15H30N2O2. The molecule has 0 radical (unpaired) electrons. The zero-order valence-corrected chi connectivity index (χ0v) is 12.6. The number of carboxylic acid groups (broad SMARTS) is 1. The monoisotopic (exact) mass is 270 g/mol. The third kappa shape index (κ3) is 8.22. The van der Waals surface area contributed by atoms with Gasteiger partial charge in [-0.15, -0.1) is 0 Å². The smallest absolute Gasteiger partial charge is 0.303 e. The van der Waals surface area contributed by atoms with Crippen LogP contribution in [0.15, 0.2) is 0 Å². The molecule has 1 saturated heterocycles. The van der Waals surface area contributed by atoms with Gasteiger partial charge in [0.05, 0.1) is 0 Å². The number of piperidine rings is 1. The molecule has 1 fully saturated rings. The normalized spacial score (nSPS) is 17.6. The van der Waals surface area contributed by atoms with Crippen molar-refractivity contribution in [1.29, 1.82) is 0 Å². The van der Waals surface area contributed by atoms with Crippen LogP contribution < -0.4 is 5.32 Å². The van der Waals surface area contributed by atoms with Crippen molar-refractivity contribution < 1.29 is 9.90 Å². The lowest BCUT2D eigenvalue weighted by Crippen LogP contribution is -2.36. The zero-order chi connectivity index (χ0) is 14.1. The van der Waals surface area contributed by atoms with Crippen molar-refractivity contribution in [2.45, 2.75) is 52.4 Å². The molecule has 1 aliphatic heterocycles. The van der Waals surface area contributed by atoms with Gasteiger partial charge in [-0.2, -0.15) is 0 Å². The van der Waals surface area contributed by atoms with Gasteiger partial charge in [-0.05, 0) is 50.7 Å². The number of likely N-dealkylation sites (tertiary alicyclic amines) is 1. The maximum absolute atomic E-state index is 10.6. The predicted octanol–water partition coefficient (Wildman–Crippen LogP) is 2.34. The van der Waals surface area contributed by atoms with Gasteiger partial charge in [0.2, 0.25) is 0 Å². The van der Waals surface area contributed by atoms with Crippen molar-refractivity contribution in [3.8, 4) is 0 Å². The van der Waals surface area contributed by atoms with Crippen LogP contribution in [0.1, 0.15) is 52.4 Å². The van der Waals surface area contributed by atoms with E-state index in [1.165, 1.54) is 32.4 Å². The van der Waals surface area contributed by atoms with Crippen molar-refractivity contribution in [2.75, 3.05) is 32.7 Å². The molecule has 4 nitrogen and oxygen atoms in total. The van der Waals surface area contributed by atoms with Crippen LogP contribution in [0.4, 0.5) is 0 Å². The van der Waals surface area contributed by atoms with Crippen LogP contribution in [0.5, 0.6) is 0 Å². The Hall–Kier alpha value is -0.610. The molecule has 2 N–H and O–H groups in total. The topological polar surface area (TPSA) is 52.6 Å². The fourth-order valence-corrected chi connectivity index (χ4v) is 2.54. The lowest BCUT2D eigenvalue weighted by atomic mass is 9.84. The van der Waals surface area contributed by atoms with E-state index in [2.05, 4.69) is 24.1 Å². The summed E-state index contributed by atoms with van der Waals surface area (Å²) in [6.07, 6.45) is 6.17. The average molecular weight is 270 g/mol. The summed E-state index contributed by atoms with van der Waals surface area (Å²) in [5.74, 6) is -0.689. The second-order valence-corrected chi connectivity index (χ2v) is 6.46. The number of carbonyl (C=O) groups is 1. The number of hydrogen-bond acceptors (Lipinski definition) is 3. The van der Waals surface area contributed by atoms with Crippen molar-refractivity contribution in [3.63, 3.8) is 0 Å². The van der Waals surface area contributed by atoms with E-state index in [0.717, 1.165) is 32.5 Å². The minimum absolute atomic E-state index is 0.122. The predicted molar refractivity (Wildman–Crippen MR) is 78.4 cm³/mol. The molecule has 1 aliphatic rings. The van der Waals surface area contributed by atoms with Crippen molar-refractivity contribution in [3.05, 3.63) is 0 Å². The maximum atomic E-state index is 10.6. The van der Waals surface area contributed by atoms with Crippen LogP contribution in [0.25, 0.3) is 0 Å². The fraction of sp³-hybridized carbons (Fsp3) is 0.933. The molecule has 0 saturated carbocycles. The Morgan fingerprint density at radius 2 is 1.84 bits per heavy atom. The molecule has 0 aromatic rings. The Morgan fingerprint density at radius 3 is 2.47 bits per heavy atom. The van der Waals surface area contributed by atoms with Crippen molar-refractivity contribution >= 4 is 5.97 Å². The first-order chi connectivity index (χ1) is 8.99. The first-order valence-electron chi connectivity index (χ1n) is 7.64. The first kappa shape index (κ1) is 16.4. The highest BCUT2D eigenvalue weighted by Gasteiger charge is 2.18. The van der Waals surface area contributed by atoms with E-state index in [1.54, 1.807) is 0 Å². The summed E-state index contributed by atoms with van der Waals surface area (Å²) in [5, 5.41) is 12.2. The molecule has 1 heterocycles. The van der Waals surface area contributed by atoms with Crippen LogP contribution in [-0.2, 0) is 4.79 Å². The van der Waals surface area contributed by atoms with Gasteiger partial charge < -0.3 is 15.3 Å². The molecule has 1 rings (SSSR count). The Morgan fingerprint density at radius 1 is 1.16 bits per heavy atom. The van der Waals surface area contributed by atoms with Gasteiger partial charge in [-0.25, -0.2) is 0 Å². The van der Waals surface area contributed by atoms with Gasteiger partial charge in [0.1, 0.15) is 0 Å². The third-order valence-corrected chi connectivity index (χ3v) is 4.05. The number of hydrogen-bond donors (Lipinski definition) is 2. The van der Waals surface area contributed by atoms with Crippen LogP contribution in [0, 0.1) is 5.41 Å². The van der Waals surface area contributed by atoms with Crippen LogP contribution in [-0.4, -0.2) is 48.7 Å². The molecule has 0 atom stereocenters. The maximum Gasteiger partial charge on any atom is 0.303 e. The SMILES string of the molecule is CC(C)(CCNCCN1CCCCC1)CCC(=O)O. The van der Waals surface area contributed by atoms with E-state index in [0.29, 0.717) is 0 Å². The molecule has 0 amide bonds. The van der Waals surface area contributed by atoms with Crippen LogP contribution >= 0.6 is 0 Å². The van der Waals surface area contributed by atoms with Crippen LogP contribution in [0.2, 0.25) is 0 Å². The summed E-state index contributed by atoms with van der Waals surface area (Å²) >= 11 is 0. The summed E-state index contributed by atoms with van der Waals surface area (Å²) in [6.45, 7) is 10.0. The van der Waals surface area contributed by atoms with E-state index in [1.807, 2.05) is 0 Å². The summed E-state index contributed by atoms with van der Waals surface area (Å²) in [6, 6.07) is 0. The third-order valence-electron chi connectivity index (χ3n) is 4.05. The summed E-state index contributed by atoms with van der Waals surface area (Å²) in [7, 11) is 0. The summed E-state index contributed by atoms with van der Waals surface area (Å²) < 4.78 is 0. The average Bonchev–Trinajstić information content (AvgIpc) is 2.37. The molecule has 112 valence electrons. The van der Waals surface area contributed by atoms with Crippen molar-refractivity contribution in [1.82, 2.24) is 10.2 Å². The fourth-order valence-electron chi connectivity index (χ4n) is 2.54. The second-order valence-electron chi connectivity index (χ2n) is 6.46. The molecule has 0 aromatic carbocycles. The van der Waals surface area contributed by atoms with Gasteiger partial charge in [-0.1, -0.05) is 20.3 Å². The van der Waals surface area contributed by atoms with Gasteiger partial charge in [0, 0.05) is 19.5 Å². The molecule has 0 spiro atoms. The summed E-state index contributed by atoms with van der Waals surface area (Å²) in [4.78, 5) is 13.1. The van der Waals surface area contributed by atoms with E-state index in [-0.39, 0.29) is 11.8 Å². The van der Waals surface area contributed by atoms with E-state index >= 15 is 0 Å². The second kappa shape index (κ2) is 8.54. The largest absolute Gasteiger partial charge is 0.481 e. The molecule has 0 bridgehead atoms. The minimum Gasteiger partial charge on any atom is -0.481 e. The Balaban J connectivity index is 2.01. The number of carboxylic acids is 1. The quantitative estimate of drug-likeness (QED) is 0.631. The van der Waals surface area contributed by atoms with E-state index in [4.69, 9.17) is 5.11 Å². The minimum atomic E-state index is -0.689. The Bertz CT molecular complexity index is 261. The van der Waals surface area contributed by atoms with E-state index in [9.17, 15) is 4.79 Å². The van der Waals surface area contributed by atoms with Crippen LogP contribution in [0.3, 0.4) is 0 Å². The number of aliphatic carboxylic acids is 1. The van der Waals surface area contributed by atoms with Crippen molar-refractivity contribution in [2.24, 2.45) is 5.41 Å². The molecule has 4 heteroatoms. The molecule has 0 unspecified atom stereocenters. The number of nitrogens with one attached hydrogen (secondary N) is 1. The van der Waals surface area contributed by atoms with E-state index < -0.39 is 5.97 Å². The number of rotatable bonds is 9.